The van der Waals surface area contributed by atoms with Gasteiger partial charge in [-0.05, 0) is 44.4 Å². The minimum atomic E-state index is -3.75. The Morgan fingerprint density at radius 1 is 1.17 bits per heavy atom. The van der Waals surface area contributed by atoms with Gasteiger partial charge < -0.3 is 5.73 Å². The van der Waals surface area contributed by atoms with Crippen LogP contribution in [0, 0.1) is 0 Å². The molecule has 1 saturated carbocycles. The summed E-state index contributed by atoms with van der Waals surface area (Å²) in [5, 5.41) is 0. The lowest BCUT2D eigenvalue weighted by atomic mass is 10.3. The maximum absolute atomic E-state index is 12.2. The van der Waals surface area contributed by atoms with Crippen LogP contribution in [0.3, 0.4) is 0 Å². The maximum atomic E-state index is 12.2. The quantitative estimate of drug-likeness (QED) is 0.606. The zero-order valence-electron chi connectivity index (χ0n) is 12.7. The van der Waals surface area contributed by atoms with E-state index in [9.17, 15) is 16.8 Å². The molecular formula is C13H22ClN3O4S2. The predicted molar refractivity (Wildman–Crippen MR) is 90.5 cm³/mol. The summed E-state index contributed by atoms with van der Waals surface area (Å²) in [7, 11) is -7.43. The molecule has 1 aromatic carbocycles. The summed E-state index contributed by atoms with van der Waals surface area (Å²) in [5.74, 6) is 0. The summed E-state index contributed by atoms with van der Waals surface area (Å²) in [6.45, 7) is 1.99. The van der Waals surface area contributed by atoms with Crippen LogP contribution in [0.1, 0.15) is 26.2 Å². The largest absolute Gasteiger partial charge is 0.328 e. The van der Waals surface area contributed by atoms with Crippen molar-refractivity contribution in [3.8, 4) is 0 Å². The molecular weight excluding hydrogens is 362 g/mol. The Bertz CT molecular complexity index is 731. The minimum Gasteiger partial charge on any atom is -0.328 e. The third-order valence-electron chi connectivity index (χ3n) is 3.22. The Hall–Kier alpha value is -0.710. The third kappa shape index (κ3) is 6.02. The van der Waals surface area contributed by atoms with Crippen LogP contribution in [0.5, 0.6) is 0 Å². The molecule has 0 aromatic heterocycles. The van der Waals surface area contributed by atoms with Crippen molar-refractivity contribution in [3.63, 3.8) is 0 Å². The molecule has 1 fully saturated rings. The standard InChI is InChI=1S/C13H21N3O4S2.ClH/c1-10(14)7-8-15-21(17,18)12-3-2-4-13(9-12)22(19,20)16-11-5-6-11;/h2-4,9-11,15-16H,5-8,14H2,1H3;1H. The van der Waals surface area contributed by atoms with Crippen LogP contribution in [0.25, 0.3) is 0 Å². The highest BCUT2D eigenvalue weighted by Gasteiger charge is 2.28. The van der Waals surface area contributed by atoms with Crippen molar-refractivity contribution in [2.24, 2.45) is 5.73 Å². The molecule has 132 valence electrons. The number of nitrogens with one attached hydrogen (secondary N) is 2. The van der Waals surface area contributed by atoms with E-state index >= 15 is 0 Å². The van der Waals surface area contributed by atoms with E-state index in [0.717, 1.165) is 12.8 Å². The molecule has 1 aliphatic carbocycles. The van der Waals surface area contributed by atoms with Gasteiger partial charge in [0.25, 0.3) is 0 Å². The second-order valence-electron chi connectivity index (χ2n) is 5.53. The number of rotatable bonds is 8. The van der Waals surface area contributed by atoms with E-state index in [1.807, 2.05) is 0 Å². The van der Waals surface area contributed by atoms with Gasteiger partial charge in [0.05, 0.1) is 9.79 Å². The van der Waals surface area contributed by atoms with Crippen molar-refractivity contribution in [1.82, 2.24) is 9.44 Å². The molecule has 2 rings (SSSR count). The lowest BCUT2D eigenvalue weighted by Crippen LogP contribution is -2.29. The summed E-state index contributed by atoms with van der Waals surface area (Å²) in [6, 6.07) is 5.18. The molecule has 0 heterocycles. The molecule has 0 bridgehead atoms. The topological polar surface area (TPSA) is 118 Å². The van der Waals surface area contributed by atoms with Crippen LogP contribution in [0.2, 0.25) is 0 Å². The van der Waals surface area contributed by atoms with E-state index < -0.39 is 20.0 Å². The highest BCUT2D eigenvalue weighted by Crippen LogP contribution is 2.23. The van der Waals surface area contributed by atoms with E-state index in [-0.39, 0.29) is 40.8 Å². The smallest absolute Gasteiger partial charge is 0.240 e. The second kappa shape index (κ2) is 7.91. The van der Waals surface area contributed by atoms with E-state index in [0.29, 0.717) is 6.42 Å². The van der Waals surface area contributed by atoms with Crippen molar-refractivity contribution >= 4 is 32.5 Å². The molecule has 7 nitrogen and oxygen atoms in total. The first kappa shape index (κ1) is 20.3. The number of hydrogen-bond donors (Lipinski definition) is 3. The first-order valence-electron chi connectivity index (χ1n) is 7.08. The van der Waals surface area contributed by atoms with E-state index in [2.05, 4.69) is 9.44 Å². The van der Waals surface area contributed by atoms with Crippen LogP contribution in [-0.4, -0.2) is 35.5 Å². The maximum Gasteiger partial charge on any atom is 0.240 e. The fraction of sp³-hybridized carbons (Fsp3) is 0.538. The van der Waals surface area contributed by atoms with Crippen molar-refractivity contribution in [2.75, 3.05) is 6.54 Å². The van der Waals surface area contributed by atoms with Crippen LogP contribution in [0.4, 0.5) is 0 Å². The van der Waals surface area contributed by atoms with E-state index in [4.69, 9.17) is 5.73 Å². The highest BCUT2D eigenvalue weighted by molar-refractivity contribution is 7.90. The van der Waals surface area contributed by atoms with Crippen LogP contribution < -0.4 is 15.2 Å². The summed E-state index contributed by atoms with van der Waals surface area (Å²) in [5.41, 5.74) is 5.57. The normalized spacial score (nSPS) is 16.6. The summed E-state index contributed by atoms with van der Waals surface area (Å²) >= 11 is 0. The highest BCUT2D eigenvalue weighted by atomic mass is 35.5. The molecule has 1 atom stereocenters. The van der Waals surface area contributed by atoms with Crippen LogP contribution in [0.15, 0.2) is 34.1 Å². The monoisotopic (exact) mass is 383 g/mol. The van der Waals surface area contributed by atoms with Gasteiger partial charge in [-0.3, -0.25) is 0 Å². The molecule has 0 amide bonds. The first-order chi connectivity index (χ1) is 10.2. The lowest BCUT2D eigenvalue weighted by Gasteiger charge is -2.10. The van der Waals surface area contributed by atoms with Crippen molar-refractivity contribution < 1.29 is 16.8 Å². The van der Waals surface area contributed by atoms with E-state index in [1.54, 1.807) is 6.92 Å². The Kier molecular flexibility index (Phi) is 6.99. The molecule has 0 spiro atoms. The van der Waals surface area contributed by atoms with Gasteiger partial charge in [0.15, 0.2) is 0 Å². The summed E-state index contributed by atoms with van der Waals surface area (Å²) in [4.78, 5) is -0.120. The van der Waals surface area contributed by atoms with E-state index in [1.165, 1.54) is 24.3 Å². The van der Waals surface area contributed by atoms with Gasteiger partial charge in [-0.15, -0.1) is 12.4 Å². The van der Waals surface area contributed by atoms with Crippen molar-refractivity contribution in [2.45, 2.75) is 48.1 Å². The number of sulfonamides is 2. The zero-order valence-corrected chi connectivity index (χ0v) is 15.2. The van der Waals surface area contributed by atoms with Crippen molar-refractivity contribution in [3.05, 3.63) is 24.3 Å². The molecule has 1 aromatic rings. The van der Waals surface area contributed by atoms with Gasteiger partial charge in [-0.2, -0.15) is 0 Å². The molecule has 0 aliphatic heterocycles. The summed E-state index contributed by atoms with van der Waals surface area (Å²) in [6.07, 6.45) is 2.13. The molecule has 1 aliphatic rings. The zero-order chi connectivity index (χ0) is 16.4. The second-order valence-corrected chi connectivity index (χ2v) is 9.02. The van der Waals surface area contributed by atoms with Gasteiger partial charge in [-0.25, -0.2) is 26.3 Å². The molecule has 1 unspecified atom stereocenters. The lowest BCUT2D eigenvalue weighted by molar-refractivity contribution is 0.571. The first-order valence-corrected chi connectivity index (χ1v) is 10.0. The Labute approximate surface area is 143 Å². The number of benzene rings is 1. The molecule has 0 radical (unpaired) electrons. The number of halogens is 1. The molecule has 10 heteroatoms. The average molecular weight is 384 g/mol. The Balaban J connectivity index is 0.00000264. The average Bonchev–Trinajstić information content (AvgIpc) is 3.21. The predicted octanol–water partition coefficient (Wildman–Crippen LogP) is 0.565. The fourth-order valence-electron chi connectivity index (χ4n) is 1.80. The van der Waals surface area contributed by atoms with Gasteiger partial charge in [0.1, 0.15) is 0 Å². The number of nitrogens with two attached hydrogens (primary N) is 1. The third-order valence-corrected chi connectivity index (χ3v) is 6.19. The molecule has 4 N–H and O–H groups in total. The van der Waals surface area contributed by atoms with Crippen molar-refractivity contribution in [1.29, 1.82) is 0 Å². The van der Waals surface area contributed by atoms with Crippen LogP contribution in [-0.2, 0) is 20.0 Å². The molecule has 23 heavy (non-hydrogen) atoms. The van der Waals surface area contributed by atoms with Gasteiger partial charge in [-0.1, -0.05) is 6.07 Å². The molecule has 0 saturated heterocycles. The minimum absolute atomic E-state index is 0. The van der Waals surface area contributed by atoms with Gasteiger partial charge in [0, 0.05) is 18.6 Å². The Morgan fingerprint density at radius 2 is 1.74 bits per heavy atom. The summed E-state index contributed by atoms with van der Waals surface area (Å²) < 4.78 is 53.5. The SMILES string of the molecule is CC(N)CCNS(=O)(=O)c1cccc(S(=O)(=O)NC2CC2)c1.Cl. The Morgan fingerprint density at radius 3 is 2.26 bits per heavy atom. The van der Waals surface area contributed by atoms with Gasteiger partial charge >= 0.3 is 0 Å². The van der Waals surface area contributed by atoms with Crippen LogP contribution >= 0.6 is 12.4 Å². The number of hydrogen-bond acceptors (Lipinski definition) is 5. The van der Waals surface area contributed by atoms with Gasteiger partial charge in [0.2, 0.25) is 20.0 Å². The fourth-order valence-corrected chi connectivity index (χ4v) is 4.32.